The predicted molar refractivity (Wildman–Crippen MR) is 74.6 cm³/mol. The van der Waals surface area contributed by atoms with Gasteiger partial charge in [-0.25, -0.2) is 13.2 Å². The molecule has 0 aliphatic heterocycles. The topological polar surface area (TPSA) is 80.9 Å². The molecule has 0 aliphatic carbocycles. The third-order valence-corrected chi connectivity index (χ3v) is 4.30. The molecule has 1 amide bonds. The lowest BCUT2D eigenvalue weighted by molar-refractivity contribution is -0.115. The Morgan fingerprint density at radius 2 is 2.05 bits per heavy atom. The van der Waals surface area contributed by atoms with Crippen LogP contribution in [0.2, 0.25) is 0 Å². The number of carbonyl (C=O) groups is 1. The summed E-state index contributed by atoms with van der Waals surface area (Å²) in [4.78, 5) is 11.9. The molecule has 5 nitrogen and oxygen atoms in total. The van der Waals surface area contributed by atoms with Crippen molar-refractivity contribution in [2.24, 2.45) is 0 Å². The Kier molecular flexibility index (Phi) is 4.68. The number of thioether (sulfide) groups is 1. The van der Waals surface area contributed by atoms with E-state index in [-0.39, 0.29) is 5.13 Å². The Morgan fingerprint density at radius 3 is 2.67 bits per heavy atom. The fourth-order valence-electron chi connectivity index (χ4n) is 1.33. The van der Waals surface area contributed by atoms with Crippen LogP contribution in [0.3, 0.4) is 0 Å². The largest absolute Gasteiger partial charge is 0.374 e. The van der Waals surface area contributed by atoms with E-state index in [1.807, 2.05) is 0 Å². The molecule has 0 unspecified atom stereocenters. The summed E-state index contributed by atoms with van der Waals surface area (Å²) in [6.07, 6.45) is 0. The fraction of sp³-hybridized carbons (Fsp3) is 0.182. The van der Waals surface area contributed by atoms with Crippen LogP contribution in [0.5, 0.6) is 0 Å². The second-order valence-electron chi connectivity index (χ2n) is 3.88. The number of rotatable bonds is 4. The first kappa shape index (κ1) is 15.6. The second kappa shape index (κ2) is 6.31. The molecule has 0 radical (unpaired) electrons. The first-order chi connectivity index (χ1) is 9.88. The van der Waals surface area contributed by atoms with Gasteiger partial charge < -0.3 is 11.1 Å². The third kappa shape index (κ3) is 3.64. The van der Waals surface area contributed by atoms with Crippen molar-refractivity contribution in [3.05, 3.63) is 29.6 Å². The highest BCUT2D eigenvalue weighted by Crippen LogP contribution is 2.28. The maximum atomic E-state index is 13.4. The van der Waals surface area contributed by atoms with Gasteiger partial charge in [0.2, 0.25) is 11.0 Å². The van der Waals surface area contributed by atoms with E-state index in [4.69, 9.17) is 5.73 Å². The van der Waals surface area contributed by atoms with E-state index in [1.54, 1.807) is 6.92 Å². The number of hydrogen-bond acceptors (Lipinski definition) is 6. The average Bonchev–Trinajstić information content (AvgIpc) is 2.84. The predicted octanol–water partition coefficient (Wildman–Crippen LogP) is 2.66. The van der Waals surface area contributed by atoms with Gasteiger partial charge in [-0.3, -0.25) is 4.79 Å². The number of nitrogens with two attached hydrogens (primary N) is 1. The van der Waals surface area contributed by atoms with Crippen LogP contribution >= 0.6 is 23.1 Å². The molecule has 112 valence electrons. The minimum Gasteiger partial charge on any atom is -0.374 e. The van der Waals surface area contributed by atoms with Crippen molar-refractivity contribution in [1.29, 1.82) is 0 Å². The van der Waals surface area contributed by atoms with Gasteiger partial charge in [-0.05, 0) is 19.1 Å². The summed E-state index contributed by atoms with van der Waals surface area (Å²) in [5.41, 5.74) is 4.98. The summed E-state index contributed by atoms with van der Waals surface area (Å²) in [5, 5.41) is 9.12. The molecule has 3 N–H and O–H groups in total. The van der Waals surface area contributed by atoms with E-state index in [0.717, 1.165) is 35.2 Å². The number of benzene rings is 1. The molecule has 0 spiro atoms. The lowest BCUT2D eigenvalue weighted by Gasteiger charge is -2.11. The number of hydrogen-bond donors (Lipinski definition) is 2. The fourth-order valence-corrected chi connectivity index (χ4v) is 3.11. The summed E-state index contributed by atoms with van der Waals surface area (Å²) in [7, 11) is 0. The van der Waals surface area contributed by atoms with Crippen LogP contribution in [0.15, 0.2) is 16.5 Å². The molecule has 0 saturated carbocycles. The molecular formula is C11H9F3N4OS2. The minimum absolute atomic E-state index is 0.261. The lowest BCUT2D eigenvalue weighted by atomic mass is 10.2. The van der Waals surface area contributed by atoms with Crippen molar-refractivity contribution in [2.45, 2.75) is 16.5 Å². The van der Waals surface area contributed by atoms with E-state index in [0.29, 0.717) is 4.34 Å². The Hall–Kier alpha value is -1.81. The summed E-state index contributed by atoms with van der Waals surface area (Å²) >= 11 is 2.17. The number of carbonyl (C=O) groups excluding carboxylic acids is 1. The highest BCUT2D eigenvalue weighted by Gasteiger charge is 2.20. The third-order valence-electron chi connectivity index (χ3n) is 2.36. The molecule has 0 fully saturated rings. The van der Waals surface area contributed by atoms with E-state index in [2.05, 4.69) is 15.5 Å². The first-order valence-electron chi connectivity index (χ1n) is 5.58. The number of halogens is 3. The van der Waals surface area contributed by atoms with Gasteiger partial charge >= 0.3 is 0 Å². The van der Waals surface area contributed by atoms with E-state index >= 15 is 0 Å². The van der Waals surface area contributed by atoms with Crippen LogP contribution in [-0.2, 0) is 4.79 Å². The van der Waals surface area contributed by atoms with Crippen molar-refractivity contribution >= 4 is 39.8 Å². The van der Waals surface area contributed by atoms with Crippen molar-refractivity contribution in [3.63, 3.8) is 0 Å². The van der Waals surface area contributed by atoms with E-state index < -0.39 is 34.3 Å². The van der Waals surface area contributed by atoms with Crippen LogP contribution < -0.4 is 11.1 Å². The summed E-state index contributed by atoms with van der Waals surface area (Å²) in [6.45, 7) is 1.55. The van der Waals surface area contributed by atoms with Gasteiger partial charge in [0.05, 0.1) is 10.9 Å². The number of amides is 1. The normalized spacial score (nSPS) is 12.2. The number of nitrogen functional groups attached to an aromatic ring is 1. The molecule has 2 rings (SSSR count). The average molecular weight is 334 g/mol. The van der Waals surface area contributed by atoms with Crippen LogP contribution in [0.25, 0.3) is 0 Å². The number of nitrogens with one attached hydrogen (secondary N) is 1. The van der Waals surface area contributed by atoms with Crippen LogP contribution in [0, 0.1) is 17.5 Å². The Morgan fingerprint density at radius 1 is 1.33 bits per heavy atom. The molecule has 10 heteroatoms. The summed E-state index contributed by atoms with van der Waals surface area (Å²) < 4.78 is 39.8. The van der Waals surface area contributed by atoms with E-state index in [9.17, 15) is 18.0 Å². The maximum Gasteiger partial charge on any atom is 0.237 e. The number of nitrogens with zero attached hydrogens (tertiary/aromatic N) is 2. The Labute approximate surface area is 125 Å². The smallest absolute Gasteiger partial charge is 0.237 e. The molecule has 2 aromatic rings. The Balaban J connectivity index is 2.05. The van der Waals surface area contributed by atoms with Crippen LogP contribution in [-0.4, -0.2) is 21.4 Å². The summed E-state index contributed by atoms with van der Waals surface area (Å²) in [5.74, 6) is -4.98. The molecule has 0 aliphatic rings. The molecule has 0 saturated heterocycles. The monoisotopic (exact) mass is 334 g/mol. The molecule has 1 heterocycles. The SMILES string of the molecule is C[C@H](Sc1nnc(N)s1)C(=O)Nc1ccc(F)c(F)c1F. The zero-order valence-corrected chi connectivity index (χ0v) is 12.2. The molecule has 1 aromatic carbocycles. The Bertz CT molecular complexity index is 679. The quantitative estimate of drug-likeness (QED) is 0.664. The highest BCUT2D eigenvalue weighted by molar-refractivity contribution is 8.02. The number of aromatic nitrogens is 2. The highest BCUT2D eigenvalue weighted by atomic mass is 32.2. The van der Waals surface area contributed by atoms with Crippen molar-refractivity contribution in [2.75, 3.05) is 11.1 Å². The van der Waals surface area contributed by atoms with Gasteiger partial charge in [-0.2, -0.15) is 0 Å². The molecule has 21 heavy (non-hydrogen) atoms. The van der Waals surface area contributed by atoms with Gasteiger partial charge in [-0.15, -0.1) is 10.2 Å². The van der Waals surface area contributed by atoms with Gasteiger partial charge in [0.25, 0.3) is 0 Å². The molecular weight excluding hydrogens is 325 g/mol. The molecule has 0 bridgehead atoms. The molecule has 1 atom stereocenters. The van der Waals surface area contributed by atoms with E-state index in [1.165, 1.54) is 0 Å². The zero-order valence-electron chi connectivity index (χ0n) is 10.6. The maximum absolute atomic E-state index is 13.4. The first-order valence-corrected chi connectivity index (χ1v) is 7.28. The zero-order chi connectivity index (χ0) is 15.6. The number of anilines is 2. The van der Waals surface area contributed by atoms with Gasteiger partial charge in [0.1, 0.15) is 0 Å². The summed E-state index contributed by atoms with van der Waals surface area (Å²) in [6, 6.07) is 1.68. The van der Waals surface area contributed by atoms with Crippen molar-refractivity contribution in [3.8, 4) is 0 Å². The van der Waals surface area contributed by atoms with Gasteiger partial charge in [-0.1, -0.05) is 23.1 Å². The van der Waals surface area contributed by atoms with Gasteiger partial charge in [0.15, 0.2) is 21.8 Å². The second-order valence-corrected chi connectivity index (χ2v) is 6.48. The van der Waals surface area contributed by atoms with Crippen LogP contribution in [0.1, 0.15) is 6.92 Å². The van der Waals surface area contributed by atoms with Crippen LogP contribution in [0.4, 0.5) is 24.0 Å². The lowest BCUT2D eigenvalue weighted by Crippen LogP contribution is -2.23. The van der Waals surface area contributed by atoms with Gasteiger partial charge in [0, 0.05) is 0 Å². The molecule has 1 aromatic heterocycles. The minimum atomic E-state index is -1.63. The van der Waals surface area contributed by atoms with Crippen molar-refractivity contribution < 1.29 is 18.0 Å². The van der Waals surface area contributed by atoms with Crippen molar-refractivity contribution in [1.82, 2.24) is 10.2 Å². The standard InChI is InChI=1S/C11H9F3N4OS2/c1-4(20-11-18-17-10(15)21-11)9(19)16-6-3-2-5(12)7(13)8(6)14/h2-4H,1H3,(H2,15,17)(H,16,19)/t4-/m0/s1.